The van der Waals surface area contributed by atoms with Gasteiger partial charge in [-0.2, -0.15) is 0 Å². The number of nitrogens with zero attached hydrogens (tertiary/aromatic N) is 3. The van der Waals surface area contributed by atoms with Crippen molar-refractivity contribution < 1.29 is 5.11 Å². The average Bonchev–Trinajstić information content (AvgIpc) is 3.60. The summed E-state index contributed by atoms with van der Waals surface area (Å²) < 4.78 is 2.24. The van der Waals surface area contributed by atoms with E-state index < -0.39 is 0 Å². The Labute approximate surface area is 277 Å². The van der Waals surface area contributed by atoms with Crippen LogP contribution in [-0.4, -0.2) is 19.6 Å². The van der Waals surface area contributed by atoms with Gasteiger partial charge in [-0.1, -0.05) is 140 Å². The Morgan fingerprint density at radius 1 is 0.500 bits per heavy atom. The topological polar surface area (TPSA) is 50.9 Å². The van der Waals surface area contributed by atoms with Crippen molar-refractivity contribution >= 4 is 32.4 Å². The summed E-state index contributed by atoms with van der Waals surface area (Å²) in [5.41, 5.74) is 9.12. The highest BCUT2D eigenvalue weighted by Gasteiger charge is 2.21. The molecular formula is C44H29N3O. The van der Waals surface area contributed by atoms with Gasteiger partial charge in [0, 0.05) is 45.4 Å². The molecule has 0 saturated carbocycles. The molecule has 0 saturated heterocycles. The first-order valence-electron chi connectivity index (χ1n) is 16.1. The van der Waals surface area contributed by atoms with Crippen LogP contribution in [0.5, 0.6) is 5.75 Å². The van der Waals surface area contributed by atoms with Gasteiger partial charge in [-0.3, -0.25) is 9.55 Å². The van der Waals surface area contributed by atoms with Gasteiger partial charge in [0.1, 0.15) is 11.6 Å². The second kappa shape index (κ2) is 11.4. The van der Waals surface area contributed by atoms with Crippen LogP contribution < -0.4 is 0 Å². The average molecular weight is 616 g/mol. The van der Waals surface area contributed by atoms with Crippen LogP contribution in [0.1, 0.15) is 0 Å². The lowest BCUT2D eigenvalue weighted by Gasteiger charge is -2.19. The number of para-hydroxylation sites is 2. The van der Waals surface area contributed by atoms with Crippen molar-refractivity contribution in [2.24, 2.45) is 0 Å². The molecule has 0 fully saturated rings. The van der Waals surface area contributed by atoms with Crippen LogP contribution in [-0.2, 0) is 0 Å². The van der Waals surface area contributed by atoms with Gasteiger partial charge in [0.2, 0.25) is 0 Å². The zero-order valence-corrected chi connectivity index (χ0v) is 26.0. The Bertz CT molecular complexity index is 2560. The van der Waals surface area contributed by atoms with Gasteiger partial charge in [0.25, 0.3) is 0 Å². The molecule has 4 heteroatoms. The van der Waals surface area contributed by atoms with Crippen LogP contribution in [0.15, 0.2) is 170 Å². The molecular weight excluding hydrogens is 587 g/mol. The molecule has 2 heterocycles. The van der Waals surface area contributed by atoms with E-state index in [1.54, 1.807) is 6.07 Å². The quantitative estimate of drug-likeness (QED) is 0.196. The van der Waals surface area contributed by atoms with Gasteiger partial charge in [0.05, 0.1) is 16.9 Å². The predicted molar refractivity (Wildman–Crippen MR) is 197 cm³/mol. The van der Waals surface area contributed by atoms with Crippen molar-refractivity contribution in [3.63, 3.8) is 0 Å². The molecule has 0 aliphatic carbocycles. The van der Waals surface area contributed by atoms with Crippen LogP contribution in [0.4, 0.5) is 0 Å². The largest absolute Gasteiger partial charge is 0.507 e. The number of benzene rings is 7. The maximum absolute atomic E-state index is 11.0. The fourth-order valence-electron chi connectivity index (χ4n) is 6.93. The summed E-state index contributed by atoms with van der Waals surface area (Å²) in [6.45, 7) is 0. The van der Waals surface area contributed by atoms with E-state index in [0.29, 0.717) is 0 Å². The number of aromatic hydroxyl groups is 1. The second-order valence-electron chi connectivity index (χ2n) is 12.0. The van der Waals surface area contributed by atoms with Crippen molar-refractivity contribution in [2.75, 3.05) is 0 Å². The van der Waals surface area contributed by atoms with Crippen molar-refractivity contribution in [1.82, 2.24) is 14.5 Å². The molecule has 4 nitrogen and oxygen atoms in total. The minimum absolute atomic E-state index is 0.266. The van der Waals surface area contributed by atoms with Gasteiger partial charge in [-0.15, -0.1) is 0 Å². The summed E-state index contributed by atoms with van der Waals surface area (Å²) in [6.07, 6.45) is 3.99. The van der Waals surface area contributed by atoms with E-state index >= 15 is 0 Å². The molecule has 1 N–H and O–H groups in total. The second-order valence-corrected chi connectivity index (χ2v) is 12.0. The molecule has 0 unspecified atom stereocenters. The first-order chi connectivity index (χ1) is 23.7. The number of phenolic OH excluding ortho intramolecular Hbond substituents is 1. The number of rotatable bonds is 5. The van der Waals surface area contributed by atoms with E-state index in [9.17, 15) is 5.11 Å². The van der Waals surface area contributed by atoms with Crippen LogP contribution in [0.25, 0.3) is 83.0 Å². The van der Waals surface area contributed by atoms with Gasteiger partial charge in [-0.05, 0) is 45.5 Å². The Morgan fingerprint density at radius 2 is 1.12 bits per heavy atom. The lowest BCUT2D eigenvalue weighted by Crippen LogP contribution is -2.02. The number of imidazole rings is 1. The summed E-state index contributed by atoms with van der Waals surface area (Å²) in [4.78, 5) is 10.2. The van der Waals surface area contributed by atoms with E-state index in [4.69, 9.17) is 9.97 Å². The van der Waals surface area contributed by atoms with Gasteiger partial charge < -0.3 is 5.11 Å². The minimum atomic E-state index is 0.266. The molecule has 226 valence electrons. The standard InChI is InChI=1S/C44H29N3O/c48-40-21-8-15-32-24-22-31-23-25-34(27-38(31)41(32)40)44-46-39(37-20-7-16-33-17-10-26-45-42(33)37)28-47(44)43-35(29-11-3-1-4-12-29)18-9-19-36(43)30-13-5-2-6-14-30/h1-28,48H. The highest BCUT2D eigenvalue weighted by molar-refractivity contribution is 6.11. The summed E-state index contributed by atoms with van der Waals surface area (Å²) >= 11 is 0. The fraction of sp³-hybridized carbons (Fsp3) is 0. The van der Waals surface area contributed by atoms with E-state index in [1.807, 2.05) is 36.5 Å². The zero-order valence-electron chi connectivity index (χ0n) is 26.0. The van der Waals surface area contributed by atoms with Crippen LogP contribution in [0, 0.1) is 0 Å². The molecule has 7 aromatic carbocycles. The van der Waals surface area contributed by atoms with E-state index in [-0.39, 0.29) is 5.75 Å². The molecule has 0 atom stereocenters. The summed E-state index contributed by atoms with van der Waals surface area (Å²) in [5, 5.41) is 15.9. The number of phenols is 1. The van der Waals surface area contributed by atoms with Gasteiger partial charge in [0.15, 0.2) is 0 Å². The highest BCUT2D eigenvalue weighted by Crippen LogP contribution is 2.41. The van der Waals surface area contributed by atoms with Crippen LogP contribution in [0.3, 0.4) is 0 Å². The first-order valence-corrected chi connectivity index (χ1v) is 16.1. The van der Waals surface area contributed by atoms with Gasteiger partial charge >= 0.3 is 0 Å². The Morgan fingerprint density at radius 3 is 1.90 bits per heavy atom. The van der Waals surface area contributed by atoms with Crippen molar-refractivity contribution in [1.29, 1.82) is 0 Å². The number of pyridine rings is 1. The smallest absolute Gasteiger partial charge is 0.145 e. The number of aromatic nitrogens is 3. The third-order valence-corrected chi connectivity index (χ3v) is 9.16. The monoisotopic (exact) mass is 615 g/mol. The SMILES string of the molecule is Oc1cccc2ccc3ccc(-c4nc(-c5cccc6cccnc56)cn4-c4c(-c5ccccc5)cccc4-c4ccccc4)cc3c12. The van der Waals surface area contributed by atoms with Crippen molar-refractivity contribution in [2.45, 2.75) is 0 Å². The van der Waals surface area contributed by atoms with E-state index in [2.05, 4.69) is 132 Å². The molecule has 9 aromatic rings. The first kappa shape index (κ1) is 27.8. The van der Waals surface area contributed by atoms with Crippen molar-refractivity contribution in [3.05, 3.63) is 170 Å². The Balaban J connectivity index is 1.39. The van der Waals surface area contributed by atoms with Crippen LogP contribution >= 0.6 is 0 Å². The van der Waals surface area contributed by atoms with E-state index in [0.717, 1.165) is 83.0 Å². The molecule has 0 aliphatic heterocycles. The summed E-state index contributed by atoms with van der Waals surface area (Å²) in [5.74, 6) is 1.06. The zero-order chi connectivity index (χ0) is 32.0. The molecule has 0 aliphatic rings. The van der Waals surface area contributed by atoms with Crippen molar-refractivity contribution in [3.8, 4) is 56.3 Å². The number of fused-ring (bicyclic) bond motifs is 4. The molecule has 0 bridgehead atoms. The normalized spacial score (nSPS) is 11.4. The van der Waals surface area contributed by atoms with E-state index in [1.165, 1.54) is 0 Å². The molecule has 9 rings (SSSR count). The third kappa shape index (κ3) is 4.62. The maximum Gasteiger partial charge on any atom is 0.145 e. The maximum atomic E-state index is 11.0. The summed E-state index contributed by atoms with van der Waals surface area (Å²) in [6, 6.07) is 54.1. The number of hydrogen-bond donors (Lipinski definition) is 1. The molecule has 2 aromatic heterocycles. The molecule has 0 radical (unpaired) electrons. The number of hydrogen-bond acceptors (Lipinski definition) is 3. The molecule has 48 heavy (non-hydrogen) atoms. The summed E-state index contributed by atoms with van der Waals surface area (Å²) in [7, 11) is 0. The van der Waals surface area contributed by atoms with Crippen LogP contribution in [0.2, 0.25) is 0 Å². The lowest BCUT2D eigenvalue weighted by atomic mass is 9.95. The fourth-order valence-corrected chi connectivity index (χ4v) is 6.93. The molecule has 0 amide bonds. The van der Waals surface area contributed by atoms with Gasteiger partial charge in [-0.25, -0.2) is 4.98 Å². The highest BCUT2D eigenvalue weighted by atomic mass is 16.3. The predicted octanol–water partition coefficient (Wildman–Crippen LogP) is 11.1. The Hall–Kier alpha value is -6.52. The third-order valence-electron chi connectivity index (χ3n) is 9.16. The minimum Gasteiger partial charge on any atom is -0.507 e. The lowest BCUT2D eigenvalue weighted by molar-refractivity contribution is 0.482. The molecule has 0 spiro atoms. The Kier molecular flexibility index (Phi) is 6.58.